The standard InChI is InChI=1S/C10H8FN3O/c11-7-2-1-3-8(6-7)15-9-4-5-13-10(12)14-9/h1-6H,(H2,12,13,14). The van der Waals surface area contributed by atoms with Crippen molar-refractivity contribution in [3.05, 3.63) is 42.3 Å². The van der Waals surface area contributed by atoms with Gasteiger partial charge in [-0.15, -0.1) is 0 Å². The third kappa shape index (κ3) is 2.40. The lowest BCUT2D eigenvalue weighted by molar-refractivity contribution is 0.458. The third-order valence-electron chi connectivity index (χ3n) is 1.67. The van der Waals surface area contributed by atoms with Crippen LogP contribution in [0.15, 0.2) is 36.5 Å². The molecule has 1 aromatic carbocycles. The molecule has 0 amide bonds. The zero-order valence-electron chi connectivity index (χ0n) is 7.72. The lowest BCUT2D eigenvalue weighted by Crippen LogP contribution is -1.95. The summed E-state index contributed by atoms with van der Waals surface area (Å²) in [4.78, 5) is 7.53. The number of aromatic nitrogens is 2. The predicted molar refractivity (Wildman–Crippen MR) is 52.9 cm³/mol. The largest absolute Gasteiger partial charge is 0.439 e. The van der Waals surface area contributed by atoms with Crippen LogP contribution >= 0.6 is 0 Å². The van der Waals surface area contributed by atoms with E-state index in [-0.39, 0.29) is 17.6 Å². The van der Waals surface area contributed by atoms with Gasteiger partial charge in [-0.05, 0) is 12.1 Å². The summed E-state index contributed by atoms with van der Waals surface area (Å²) in [6.45, 7) is 0. The number of ether oxygens (including phenoxy) is 1. The molecule has 0 aliphatic carbocycles. The molecule has 0 saturated heterocycles. The van der Waals surface area contributed by atoms with E-state index in [2.05, 4.69) is 9.97 Å². The van der Waals surface area contributed by atoms with E-state index in [4.69, 9.17) is 10.5 Å². The van der Waals surface area contributed by atoms with Crippen molar-refractivity contribution in [1.29, 1.82) is 0 Å². The molecule has 5 heteroatoms. The Morgan fingerprint density at radius 3 is 2.87 bits per heavy atom. The van der Waals surface area contributed by atoms with Crippen LogP contribution in [-0.4, -0.2) is 9.97 Å². The van der Waals surface area contributed by atoms with E-state index in [1.54, 1.807) is 18.2 Å². The van der Waals surface area contributed by atoms with Crippen LogP contribution in [0.3, 0.4) is 0 Å². The highest BCUT2D eigenvalue weighted by Gasteiger charge is 2.00. The summed E-state index contributed by atoms with van der Waals surface area (Å²) >= 11 is 0. The van der Waals surface area contributed by atoms with E-state index in [1.165, 1.54) is 18.3 Å². The topological polar surface area (TPSA) is 61.0 Å². The summed E-state index contributed by atoms with van der Waals surface area (Å²) in [7, 11) is 0. The van der Waals surface area contributed by atoms with Crippen LogP contribution < -0.4 is 10.5 Å². The van der Waals surface area contributed by atoms with Gasteiger partial charge in [-0.25, -0.2) is 9.37 Å². The monoisotopic (exact) mass is 205 g/mol. The first-order valence-electron chi connectivity index (χ1n) is 4.26. The SMILES string of the molecule is Nc1nccc(Oc2cccc(F)c2)n1. The maximum Gasteiger partial charge on any atom is 0.224 e. The smallest absolute Gasteiger partial charge is 0.224 e. The number of hydrogen-bond acceptors (Lipinski definition) is 4. The first kappa shape index (κ1) is 9.39. The second-order valence-corrected chi connectivity index (χ2v) is 2.81. The molecule has 0 bridgehead atoms. The molecule has 4 nitrogen and oxygen atoms in total. The lowest BCUT2D eigenvalue weighted by atomic mass is 10.3. The van der Waals surface area contributed by atoms with Gasteiger partial charge < -0.3 is 10.5 Å². The maximum atomic E-state index is 12.8. The van der Waals surface area contributed by atoms with Gasteiger partial charge >= 0.3 is 0 Å². The molecule has 2 rings (SSSR count). The third-order valence-corrected chi connectivity index (χ3v) is 1.67. The highest BCUT2D eigenvalue weighted by atomic mass is 19.1. The summed E-state index contributed by atoms with van der Waals surface area (Å²) in [5, 5.41) is 0. The average molecular weight is 205 g/mol. The summed E-state index contributed by atoms with van der Waals surface area (Å²) in [6, 6.07) is 7.32. The Bertz CT molecular complexity index is 432. The molecule has 76 valence electrons. The van der Waals surface area contributed by atoms with Gasteiger partial charge in [-0.3, -0.25) is 0 Å². The van der Waals surface area contributed by atoms with E-state index in [9.17, 15) is 4.39 Å². The second kappa shape index (κ2) is 3.91. The van der Waals surface area contributed by atoms with Crippen molar-refractivity contribution in [3.8, 4) is 11.6 Å². The second-order valence-electron chi connectivity index (χ2n) is 2.81. The quantitative estimate of drug-likeness (QED) is 0.814. The summed E-state index contributed by atoms with van der Waals surface area (Å²) in [5.41, 5.74) is 5.37. The van der Waals surface area contributed by atoms with Gasteiger partial charge in [-0.1, -0.05) is 6.07 Å². The Labute approximate surface area is 85.5 Å². The van der Waals surface area contributed by atoms with Crippen molar-refractivity contribution >= 4 is 5.95 Å². The fourth-order valence-electron chi connectivity index (χ4n) is 1.06. The molecule has 0 unspecified atom stereocenters. The van der Waals surface area contributed by atoms with Crippen LogP contribution in [0, 0.1) is 5.82 Å². The predicted octanol–water partition coefficient (Wildman–Crippen LogP) is 1.99. The van der Waals surface area contributed by atoms with E-state index >= 15 is 0 Å². The van der Waals surface area contributed by atoms with Crippen LogP contribution in [0.1, 0.15) is 0 Å². The molecule has 0 aliphatic rings. The van der Waals surface area contributed by atoms with E-state index in [0.717, 1.165) is 0 Å². The van der Waals surface area contributed by atoms with Gasteiger partial charge in [0.1, 0.15) is 11.6 Å². The van der Waals surface area contributed by atoms with E-state index < -0.39 is 0 Å². The van der Waals surface area contributed by atoms with Crippen LogP contribution in [0.4, 0.5) is 10.3 Å². The van der Waals surface area contributed by atoms with Gasteiger partial charge in [0.2, 0.25) is 11.8 Å². The summed E-state index contributed by atoms with van der Waals surface area (Å²) in [5.74, 6) is 0.402. The molecule has 15 heavy (non-hydrogen) atoms. The molecule has 2 aromatic rings. The number of anilines is 1. The van der Waals surface area contributed by atoms with E-state index in [0.29, 0.717) is 5.75 Å². The Hall–Kier alpha value is -2.17. The Balaban J connectivity index is 2.22. The van der Waals surface area contributed by atoms with Crippen molar-refractivity contribution in [1.82, 2.24) is 9.97 Å². The number of benzene rings is 1. The molecule has 0 saturated carbocycles. The lowest BCUT2D eigenvalue weighted by Gasteiger charge is -2.03. The van der Waals surface area contributed by atoms with Gasteiger partial charge in [0.15, 0.2) is 0 Å². The van der Waals surface area contributed by atoms with Crippen molar-refractivity contribution in [2.75, 3.05) is 5.73 Å². The zero-order valence-corrected chi connectivity index (χ0v) is 7.72. The van der Waals surface area contributed by atoms with Crippen LogP contribution in [0.2, 0.25) is 0 Å². The normalized spacial score (nSPS) is 9.93. The van der Waals surface area contributed by atoms with Crippen molar-refractivity contribution in [2.24, 2.45) is 0 Å². The van der Waals surface area contributed by atoms with Crippen LogP contribution in [0.5, 0.6) is 11.6 Å². The number of nitrogen functional groups attached to an aromatic ring is 1. The maximum absolute atomic E-state index is 12.8. The summed E-state index contributed by atoms with van der Waals surface area (Å²) < 4.78 is 18.1. The Morgan fingerprint density at radius 2 is 2.13 bits per heavy atom. The van der Waals surface area contributed by atoms with Gasteiger partial charge in [0, 0.05) is 18.3 Å². The molecular formula is C10H8FN3O. The average Bonchev–Trinajstić information content (AvgIpc) is 2.17. The van der Waals surface area contributed by atoms with Crippen molar-refractivity contribution in [3.63, 3.8) is 0 Å². The highest BCUT2D eigenvalue weighted by Crippen LogP contribution is 2.19. The Kier molecular flexibility index (Phi) is 2.45. The molecule has 0 fully saturated rings. The molecule has 0 radical (unpaired) electrons. The minimum atomic E-state index is -0.366. The first-order chi connectivity index (χ1) is 7.24. The highest BCUT2D eigenvalue weighted by molar-refractivity contribution is 5.29. The number of rotatable bonds is 2. The Morgan fingerprint density at radius 1 is 1.27 bits per heavy atom. The number of nitrogens with two attached hydrogens (primary N) is 1. The van der Waals surface area contributed by atoms with E-state index in [1.807, 2.05) is 0 Å². The van der Waals surface area contributed by atoms with Gasteiger partial charge in [0.25, 0.3) is 0 Å². The van der Waals surface area contributed by atoms with Gasteiger partial charge in [-0.2, -0.15) is 4.98 Å². The van der Waals surface area contributed by atoms with Crippen LogP contribution in [0.25, 0.3) is 0 Å². The minimum Gasteiger partial charge on any atom is -0.439 e. The number of halogens is 1. The molecule has 0 atom stereocenters. The molecule has 1 heterocycles. The van der Waals surface area contributed by atoms with Crippen LogP contribution in [-0.2, 0) is 0 Å². The summed E-state index contributed by atoms with van der Waals surface area (Å²) in [6.07, 6.45) is 1.47. The molecule has 0 spiro atoms. The number of hydrogen-bond donors (Lipinski definition) is 1. The fourth-order valence-corrected chi connectivity index (χ4v) is 1.06. The number of nitrogens with zero attached hydrogens (tertiary/aromatic N) is 2. The fraction of sp³-hybridized carbons (Fsp3) is 0. The molecule has 1 aromatic heterocycles. The minimum absolute atomic E-state index is 0.115. The van der Waals surface area contributed by atoms with Crippen molar-refractivity contribution < 1.29 is 9.13 Å². The zero-order chi connectivity index (χ0) is 10.7. The molecule has 0 aliphatic heterocycles. The molecule has 2 N–H and O–H groups in total. The first-order valence-corrected chi connectivity index (χ1v) is 4.26. The van der Waals surface area contributed by atoms with Crippen molar-refractivity contribution in [2.45, 2.75) is 0 Å². The van der Waals surface area contributed by atoms with Gasteiger partial charge in [0.05, 0.1) is 0 Å². The molecular weight excluding hydrogens is 197 g/mol.